The number of hydrogen-bond donors (Lipinski definition) is 2. The highest BCUT2D eigenvalue weighted by Gasteiger charge is 2.45. The number of hydrogen-bond acceptors (Lipinski definition) is 2. The van der Waals surface area contributed by atoms with E-state index in [4.69, 9.17) is 0 Å². The van der Waals surface area contributed by atoms with Gasteiger partial charge in [-0.1, -0.05) is 29.8 Å². The summed E-state index contributed by atoms with van der Waals surface area (Å²) in [5.74, 6) is 0. The van der Waals surface area contributed by atoms with Crippen molar-refractivity contribution >= 4 is 15.9 Å². The maximum atomic E-state index is 9.94. The summed E-state index contributed by atoms with van der Waals surface area (Å²) in [4.78, 5) is -0.196. The molecule has 72 valence electrons. The lowest BCUT2D eigenvalue weighted by molar-refractivity contribution is -0.0673. The number of aliphatic hydroxyl groups excluding tert-OH is 1. The van der Waals surface area contributed by atoms with Gasteiger partial charge in [0, 0.05) is 0 Å². The zero-order valence-electron chi connectivity index (χ0n) is 7.84. The normalized spacial score (nSPS) is 47.5. The molecule has 0 aromatic carbocycles. The minimum absolute atomic E-state index is 0.0349. The SMILES string of the molecule is CC1(C)C[C@@H](O)[C@@H](Br)[C@](C)(O)C1. The molecule has 0 saturated heterocycles. The Bertz CT molecular complexity index is 177. The van der Waals surface area contributed by atoms with Gasteiger partial charge in [0.25, 0.3) is 0 Å². The van der Waals surface area contributed by atoms with Crippen LogP contribution < -0.4 is 0 Å². The molecule has 0 aromatic heterocycles. The van der Waals surface area contributed by atoms with E-state index in [1.54, 1.807) is 6.92 Å². The van der Waals surface area contributed by atoms with Crippen LogP contribution in [0.25, 0.3) is 0 Å². The second kappa shape index (κ2) is 2.96. The van der Waals surface area contributed by atoms with Gasteiger partial charge in [0.1, 0.15) is 0 Å². The molecule has 3 atom stereocenters. The lowest BCUT2D eigenvalue weighted by atomic mass is 9.69. The molecule has 0 unspecified atom stereocenters. The van der Waals surface area contributed by atoms with E-state index in [0.29, 0.717) is 0 Å². The van der Waals surface area contributed by atoms with E-state index in [2.05, 4.69) is 29.8 Å². The fourth-order valence-electron chi connectivity index (χ4n) is 2.22. The van der Waals surface area contributed by atoms with Gasteiger partial charge in [-0.15, -0.1) is 0 Å². The molecule has 3 heteroatoms. The van der Waals surface area contributed by atoms with Gasteiger partial charge in [0.2, 0.25) is 0 Å². The minimum Gasteiger partial charge on any atom is -0.392 e. The predicted octanol–water partition coefficient (Wildman–Crippen LogP) is 1.68. The zero-order valence-corrected chi connectivity index (χ0v) is 9.43. The maximum Gasteiger partial charge on any atom is 0.0774 e. The van der Waals surface area contributed by atoms with Gasteiger partial charge in [-0.2, -0.15) is 0 Å². The molecule has 0 aromatic rings. The predicted molar refractivity (Wildman–Crippen MR) is 52.4 cm³/mol. The van der Waals surface area contributed by atoms with Crippen LogP contribution in [0.1, 0.15) is 33.6 Å². The molecule has 2 nitrogen and oxygen atoms in total. The Morgan fingerprint density at radius 1 is 1.33 bits per heavy atom. The first-order valence-electron chi connectivity index (χ1n) is 4.29. The average Bonchev–Trinajstić information content (AvgIpc) is 1.79. The molecule has 1 aliphatic rings. The maximum absolute atomic E-state index is 9.94. The summed E-state index contributed by atoms with van der Waals surface area (Å²) in [6.45, 7) is 5.92. The van der Waals surface area contributed by atoms with E-state index in [0.717, 1.165) is 12.8 Å². The first-order chi connectivity index (χ1) is 5.25. The van der Waals surface area contributed by atoms with Crippen LogP contribution in [-0.2, 0) is 0 Å². The van der Waals surface area contributed by atoms with Crippen molar-refractivity contribution in [1.29, 1.82) is 0 Å². The van der Waals surface area contributed by atoms with E-state index < -0.39 is 11.7 Å². The van der Waals surface area contributed by atoms with Crippen molar-refractivity contribution in [3.05, 3.63) is 0 Å². The second-order valence-corrected chi connectivity index (χ2v) is 5.86. The summed E-state index contributed by atoms with van der Waals surface area (Å²) in [6, 6.07) is 0. The molecule has 0 amide bonds. The second-order valence-electron chi connectivity index (χ2n) is 4.87. The highest BCUT2D eigenvalue weighted by atomic mass is 79.9. The van der Waals surface area contributed by atoms with Crippen molar-refractivity contribution in [2.24, 2.45) is 5.41 Å². The van der Waals surface area contributed by atoms with Crippen LogP contribution >= 0.6 is 15.9 Å². The monoisotopic (exact) mass is 236 g/mol. The third-order valence-electron chi connectivity index (χ3n) is 2.53. The van der Waals surface area contributed by atoms with Crippen LogP contribution in [0.4, 0.5) is 0 Å². The third kappa shape index (κ3) is 2.01. The zero-order chi connectivity index (χ0) is 9.57. The molecule has 1 fully saturated rings. The Morgan fingerprint density at radius 3 is 2.25 bits per heavy atom. The minimum atomic E-state index is -0.791. The molecule has 0 bridgehead atoms. The molecular weight excluding hydrogens is 220 g/mol. The summed E-state index contributed by atoms with van der Waals surface area (Å²) in [5, 5.41) is 19.6. The Kier molecular flexibility index (Phi) is 2.59. The summed E-state index contributed by atoms with van der Waals surface area (Å²) in [6.07, 6.45) is 1.04. The first-order valence-corrected chi connectivity index (χ1v) is 5.21. The Morgan fingerprint density at radius 2 is 1.83 bits per heavy atom. The van der Waals surface area contributed by atoms with Gasteiger partial charge in [0.15, 0.2) is 0 Å². The fourth-order valence-corrected chi connectivity index (χ4v) is 2.57. The van der Waals surface area contributed by atoms with Crippen LogP contribution in [0.15, 0.2) is 0 Å². The number of aliphatic hydroxyl groups is 2. The molecule has 1 saturated carbocycles. The highest BCUT2D eigenvalue weighted by Crippen LogP contribution is 2.43. The van der Waals surface area contributed by atoms with E-state index in [1.165, 1.54) is 0 Å². The van der Waals surface area contributed by atoms with Crippen LogP contribution in [0.2, 0.25) is 0 Å². The van der Waals surface area contributed by atoms with Gasteiger partial charge < -0.3 is 10.2 Å². The molecule has 0 radical (unpaired) electrons. The van der Waals surface area contributed by atoms with Crippen LogP contribution in [0, 0.1) is 5.41 Å². The lowest BCUT2D eigenvalue weighted by Crippen LogP contribution is -2.52. The Labute approximate surface area is 82.1 Å². The molecular formula is C9H17BrO2. The van der Waals surface area contributed by atoms with Crippen LogP contribution in [-0.4, -0.2) is 26.7 Å². The van der Waals surface area contributed by atoms with Crippen molar-refractivity contribution < 1.29 is 10.2 Å². The van der Waals surface area contributed by atoms with Crippen molar-refractivity contribution in [3.63, 3.8) is 0 Å². The molecule has 0 spiro atoms. The van der Waals surface area contributed by atoms with Gasteiger partial charge >= 0.3 is 0 Å². The van der Waals surface area contributed by atoms with Crippen molar-refractivity contribution in [1.82, 2.24) is 0 Å². The summed E-state index contributed by atoms with van der Waals surface area (Å²) >= 11 is 3.33. The molecule has 1 rings (SSSR count). The molecule has 0 heterocycles. The average molecular weight is 237 g/mol. The first kappa shape index (κ1) is 10.5. The van der Waals surface area contributed by atoms with E-state index in [9.17, 15) is 10.2 Å². The van der Waals surface area contributed by atoms with Gasteiger partial charge in [0.05, 0.1) is 16.5 Å². The number of halogens is 1. The topological polar surface area (TPSA) is 40.5 Å². The standard InChI is InChI=1S/C9H17BrO2/c1-8(2)4-6(11)7(10)9(3,12)5-8/h6-7,11-12H,4-5H2,1-3H3/t6-,7-,9-/m1/s1. The van der Waals surface area contributed by atoms with E-state index in [1.807, 2.05) is 0 Å². The molecule has 0 aliphatic heterocycles. The Balaban J connectivity index is 2.80. The fraction of sp³-hybridized carbons (Fsp3) is 1.00. The van der Waals surface area contributed by atoms with E-state index >= 15 is 0 Å². The quantitative estimate of drug-likeness (QED) is 0.629. The third-order valence-corrected chi connectivity index (χ3v) is 4.13. The number of rotatable bonds is 0. The van der Waals surface area contributed by atoms with Crippen LogP contribution in [0.3, 0.4) is 0 Å². The molecule has 12 heavy (non-hydrogen) atoms. The van der Waals surface area contributed by atoms with E-state index in [-0.39, 0.29) is 10.2 Å². The summed E-state index contributed by atoms with van der Waals surface area (Å²) in [7, 11) is 0. The summed E-state index contributed by atoms with van der Waals surface area (Å²) < 4.78 is 0. The molecule has 1 aliphatic carbocycles. The van der Waals surface area contributed by atoms with Gasteiger partial charge in [-0.25, -0.2) is 0 Å². The van der Waals surface area contributed by atoms with Crippen LogP contribution in [0.5, 0.6) is 0 Å². The highest BCUT2D eigenvalue weighted by molar-refractivity contribution is 9.09. The van der Waals surface area contributed by atoms with Gasteiger partial charge in [-0.05, 0) is 25.2 Å². The van der Waals surface area contributed by atoms with Crippen molar-refractivity contribution in [2.45, 2.75) is 50.1 Å². The largest absolute Gasteiger partial charge is 0.392 e. The number of alkyl halides is 1. The molecule has 2 N–H and O–H groups in total. The smallest absolute Gasteiger partial charge is 0.0774 e. The van der Waals surface area contributed by atoms with Gasteiger partial charge in [-0.3, -0.25) is 0 Å². The lowest BCUT2D eigenvalue weighted by Gasteiger charge is -2.45. The van der Waals surface area contributed by atoms with Crippen molar-refractivity contribution in [2.75, 3.05) is 0 Å². The summed E-state index contributed by atoms with van der Waals surface area (Å²) in [5.41, 5.74) is -0.756. The Hall–Kier alpha value is 0.400. The van der Waals surface area contributed by atoms with Crippen molar-refractivity contribution in [3.8, 4) is 0 Å².